The molecule has 31 heavy (non-hydrogen) atoms. The summed E-state index contributed by atoms with van der Waals surface area (Å²) >= 11 is 7.26. The maximum atomic E-state index is 14.3. The number of carbonyl (C=O) groups is 1. The average molecular weight is 457 g/mol. The number of rotatable bonds is 4. The van der Waals surface area contributed by atoms with Crippen molar-refractivity contribution in [3.8, 4) is 0 Å². The third-order valence-corrected chi connectivity index (χ3v) is 6.22. The quantitative estimate of drug-likeness (QED) is 0.564. The molecule has 0 amide bonds. The molecule has 8 heteroatoms. The second kappa shape index (κ2) is 8.61. The molecule has 0 N–H and O–H groups in total. The van der Waals surface area contributed by atoms with Gasteiger partial charge in [0.15, 0.2) is 4.80 Å². The molecule has 2 aromatic carbocycles. The number of aromatic nitrogens is 1. The minimum Gasteiger partial charge on any atom is -0.463 e. The van der Waals surface area contributed by atoms with Crippen LogP contribution in [0.25, 0.3) is 6.08 Å². The van der Waals surface area contributed by atoms with Gasteiger partial charge in [-0.25, -0.2) is 14.2 Å². The maximum Gasteiger partial charge on any atom is 0.338 e. The fourth-order valence-electron chi connectivity index (χ4n) is 3.52. The van der Waals surface area contributed by atoms with Crippen LogP contribution in [0.1, 0.15) is 31.0 Å². The fourth-order valence-corrected chi connectivity index (χ4v) is 4.77. The number of carbonyl (C=O) groups excluding carboxylic acids is 1. The molecule has 0 fully saturated rings. The second-order valence-corrected chi connectivity index (χ2v) is 8.26. The number of hydrogen-bond acceptors (Lipinski definition) is 5. The van der Waals surface area contributed by atoms with Crippen LogP contribution in [-0.4, -0.2) is 17.1 Å². The molecule has 0 saturated heterocycles. The zero-order valence-electron chi connectivity index (χ0n) is 16.8. The number of thiazole rings is 1. The lowest BCUT2D eigenvalue weighted by molar-refractivity contribution is -0.139. The van der Waals surface area contributed by atoms with Crippen LogP contribution in [0.4, 0.5) is 4.39 Å². The predicted molar refractivity (Wildman–Crippen MR) is 118 cm³/mol. The Morgan fingerprint density at radius 2 is 2.00 bits per heavy atom. The van der Waals surface area contributed by atoms with Gasteiger partial charge in [0.1, 0.15) is 5.82 Å². The van der Waals surface area contributed by atoms with Crippen molar-refractivity contribution in [3.05, 3.63) is 101 Å². The number of benzene rings is 2. The zero-order valence-corrected chi connectivity index (χ0v) is 18.3. The van der Waals surface area contributed by atoms with Crippen molar-refractivity contribution in [1.82, 2.24) is 4.57 Å². The van der Waals surface area contributed by atoms with Gasteiger partial charge in [0.2, 0.25) is 0 Å². The van der Waals surface area contributed by atoms with Crippen LogP contribution in [0.5, 0.6) is 0 Å². The first-order chi connectivity index (χ1) is 14.9. The lowest BCUT2D eigenvalue weighted by Gasteiger charge is -2.24. The van der Waals surface area contributed by atoms with E-state index >= 15 is 0 Å². The van der Waals surface area contributed by atoms with Gasteiger partial charge >= 0.3 is 5.97 Å². The van der Waals surface area contributed by atoms with Crippen molar-refractivity contribution in [2.24, 2.45) is 4.99 Å². The van der Waals surface area contributed by atoms with Gasteiger partial charge in [0.05, 0.1) is 33.5 Å². The molecule has 1 aliphatic heterocycles. The molecule has 158 valence electrons. The van der Waals surface area contributed by atoms with Gasteiger partial charge in [-0.3, -0.25) is 9.36 Å². The standard InChI is InChI=1S/C23H18ClFN2O3S/c1-3-30-22(29)19-13(2)26-23-27(20(19)14-8-5-4-6-9-14)21(28)18(31-23)12-15-16(24)10-7-11-17(15)25/h4-12,20H,3H2,1-2H3. The normalized spacial score (nSPS) is 16.1. The Bertz CT molecular complexity index is 1360. The van der Waals surface area contributed by atoms with Gasteiger partial charge in [-0.15, -0.1) is 0 Å². The smallest absolute Gasteiger partial charge is 0.338 e. The summed E-state index contributed by atoms with van der Waals surface area (Å²) in [6, 6.07) is 12.9. The van der Waals surface area contributed by atoms with Gasteiger partial charge in [0.25, 0.3) is 5.56 Å². The van der Waals surface area contributed by atoms with Gasteiger partial charge in [0, 0.05) is 5.56 Å². The number of nitrogens with zero attached hydrogens (tertiary/aromatic N) is 2. The van der Waals surface area contributed by atoms with E-state index in [0.29, 0.717) is 16.1 Å². The molecule has 1 unspecified atom stereocenters. The number of allylic oxidation sites excluding steroid dienone is 1. The summed E-state index contributed by atoms with van der Waals surface area (Å²) in [6.45, 7) is 3.64. The van der Waals surface area contributed by atoms with Crippen molar-refractivity contribution < 1.29 is 13.9 Å². The first kappa shape index (κ1) is 21.2. The molecule has 0 spiro atoms. The van der Waals surface area contributed by atoms with Crippen molar-refractivity contribution in [2.45, 2.75) is 19.9 Å². The van der Waals surface area contributed by atoms with Crippen LogP contribution in [0.15, 0.2) is 69.6 Å². The highest BCUT2D eigenvalue weighted by molar-refractivity contribution is 7.07. The van der Waals surface area contributed by atoms with Gasteiger partial charge in [-0.2, -0.15) is 0 Å². The van der Waals surface area contributed by atoms with Crippen LogP contribution in [-0.2, 0) is 9.53 Å². The summed E-state index contributed by atoms with van der Waals surface area (Å²) in [7, 11) is 0. The number of hydrogen-bond donors (Lipinski definition) is 0. The second-order valence-electron chi connectivity index (χ2n) is 6.85. The minimum absolute atomic E-state index is 0.132. The third kappa shape index (κ3) is 3.86. The van der Waals surface area contributed by atoms with Gasteiger partial charge in [-0.05, 0) is 37.6 Å². The molecule has 2 heterocycles. The molecule has 0 aliphatic carbocycles. The Labute approximate surface area is 186 Å². The Morgan fingerprint density at radius 1 is 1.26 bits per heavy atom. The Morgan fingerprint density at radius 3 is 2.68 bits per heavy atom. The molecule has 1 atom stereocenters. The molecule has 0 saturated carbocycles. The largest absolute Gasteiger partial charge is 0.463 e. The van der Waals surface area contributed by atoms with Crippen LogP contribution in [0.3, 0.4) is 0 Å². The number of esters is 1. The first-order valence-electron chi connectivity index (χ1n) is 9.61. The summed E-state index contributed by atoms with van der Waals surface area (Å²) in [5.74, 6) is -1.05. The lowest BCUT2D eigenvalue weighted by atomic mass is 9.96. The Balaban J connectivity index is 1.99. The van der Waals surface area contributed by atoms with E-state index in [1.807, 2.05) is 30.3 Å². The van der Waals surface area contributed by atoms with Crippen LogP contribution in [0.2, 0.25) is 5.02 Å². The highest BCUT2D eigenvalue weighted by Crippen LogP contribution is 2.30. The van der Waals surface area contributed by atoms with E-state index in [9.17, 15) is 14.0 Å². The molecular weight excluding hydrogens is 439 g/mol. The van der Waals surface area contributed by atoms with Crippen LogP contribution in [0, 0.1) is 5.82 Å². The minimum atomic E-state index is -0.699. The third-order valence-electron chi connectivity index (χ3n) is 4.91. The molecule has 5 nitrogen and oxygen atoms in total. The maximum absolute atomic E-state index is 14.3. The highest BCUT2D eigenvalue weighted by atomic mass is 35.5. The first-order valence-corrected chi connectivity index (χ1v) is 10.8. The summed E-state index contributed by atoms with van der Waals surface area (Å²) in [4.78, 5) is 31.1. The van der Waals surface area contributed by atoms with Crippen LogP contribution < -0.4 is 14.9 Å². The van der Waals surface area contributed by atoms with E-state index in [2.05, 4.69) is 4.99 Å². The monoisotopic (exact) mass is 456 g/mol. The van der Waals surface area contributed by atoms with E-state index in [-0.39, 0.29) is 27.3 Å². The van der Waals surface area contributed by atoms with Crippen molar-refractivity contribution in [1.29, 1.82) is 0 Å². The van der Waals surface area contributed by atoms with Gasteiger partial charge < -0.3 is 4.74 Å². The molecule has 0 bridgehead atoms. The summed E-state index contributed by atoms with van der Waals surface area (Å²) in [6.07, 6.45) is 1.42. The average Bonchev–Trinajstić information content (AvgIpc) is 3.05. The SMILES string of the molecule is CCOC(=O)C1=C(C)N=c2sc(=Cc3c(F)cccc3Cl)c(=O)n2C1c1ccccc1. The lowest BCUT2D eigenvalue weighted by Crippen LogP contribution is -2.39. The molecular formula is C23H18ClFN2O3S. The van der Waals surface area contributed by atoms with Gasteiger partial charge in [-0.1, -0.05) is 59.3 Å². The fraction of sp³-hybridized carbons (Fsp3) is 0.174. The predicted octanol–water partition coefficient (Wildman–Crippen LogP) is 3.59. The van der Waals surface area contributed by atoms with Crippen molar-refractivity contribution in [3.63, 3.8) is 0 Å². The molecule has 3 aromatic rings. The highest BCUT2D eigenvalue weighted by Gasteiger charge is 2.33. The summed E-state index contributed by atoms with van der Waals surface area (Å²) in [5, 5.41) is 0.203. The van der Waals surface area contributed by atoms with Crippen LogP contribution >= 0.6 is 22.9 Å². The number of halogens is 2. The molecule has 1 aliphatic rings. The zero-order chi connectivity index (χ0) is 22.1. The van der Waals surface area contributed by atoms with E-state index in [1.165, 1.54) is 22.8 Å². The van der Waals surface area contributed by atoms with Crippen molar-refractivity contribution in [2.75, 3.05) is 6.61 Å². The van der Waals surface area contributed by atoms with E-state index < -0.39 is 17.8 Å². The molecule has 4 rings (SSSR count). The Kier molecular flexibility index (Phi) is 5.89. The van der Waals surface area contributed by atoms with Crippen molar-refractivity contribution >= 4 is 35.0 Å². The Hall–Kier alpha value is -3.03. The van der Waals surface area contributed by atoms with E-state index in [1.54, 1.807) is 19.9 Å². The van der Waals surface area contributed by atoms with E-state index in [0.717, 1.165) is 16.9 Å². The summed E-state index contributed by atoms with van der Waals surface area (Å²) in [5.41, 5.74) is 1.27. The molecule has 0 radical (unpaired) electrons. The number of ether oxygens (including phenoxy) is 1. The summed E-state index contributed by atoms with van der Waals surface area (Å²) < 4.78 is 21.3. The number of fused-ring (bicyclic) bond motifs is 1. The molecule has 1 aromatic heterocycles. The topological polar surface area (TPSA) is 60.7 Å². The van der Waals surface area contributed by atoms with E-state index in [4.69, 9.17) is 16.3 Å².